The Morgan fingerprint density at radius 1 is 1.08 bits per heavy atom. The summed E-state index contributed by atoms with van der Waals surface area (Å²) in [6.45, 7) is 0.751. The van der Waals surface area contributed by atoms with Gasteiger partial charge in [0, 0.05) is 5.56 Å². The van der Waals surface area contributed by atoms with Crippen LogP contribution in [0.2, 0.25) is 0 Å². The molecule has 2 aromatic carbocycles. The highest BCUT2D eigenvalue weighted by Gasteiger charge is 2.29. The van der Waals surface area contributed by atoms with E-state index in [2.05, 4.69) is 5.32 Å². The third-order valence-corrected chi connectivity index (χ3v) is 4.11. The third-order valence-electron chi connectivity index (χ3n) is 4.11. The largest absolute Gasteiger partial charge is 0.493 e. The van der Waals surface area contributed by atoms with Crippen molar-refractivity contribution < 1.29 is 19.0 Å². The summed E-state index contributed by atoms with van der Waals surface area (Å²) in [5.41, 5.74) is 2.74. The Hall–Kier alpha value is -2.53. The standard InChI is InChI=1S/C19H21NO4/c1-22-16-10-9-13(12-17(16)23-2)6-5-11-20-18-14-7-3-4-8-15(14)19(21)24-18/h3-4,7-10,12,18,20H,5-6,11H2,1-2H3. The molecule has 1 N–H and O–H groups in total. The number of benzene rings is 2. The maximum absolute atomic E-state index is 11.8. The highest BCUT2D eigenvalue weighted by atomic mass is 16.6. The summed E-state index contributed by atoms with van der Waals surface area (Å²) in [5, 5.41) is 3.29. The van der Waals surface area contributed by atoms with Crippen LogP contribution in [0.1, 0.15) is 34.1 Å². The SMILES string of the molecule is COc1ccc(CCCNC2OC(=O)c3ccccc32)cc1OC. The molecular weight excluding hydrogens is 306 g/mol. The number of esters is 1. The van der Waals surface area contributed by atoms with E-state index in [-0.39, 0.29) is 12.2 Å². The lowest BCUT2D eigenvalue weighted by Gasteiger charge is -2.13. The van der Waals surface area contributed by atoms with E-state index in [0.29, 0.717) is 5.56 Å². The van der Waals surface area contributed by atoms with Gasteiger partial charge in [-0.1, -0.05) is 24.3 Å². The zero-order valence-corrected chi connectivity index (χ0v) is 13.9. The normalized spacial score (nSPS) is 15.8. The van der Waals surface area contributed by atoms with E-state index in [1.54, 1.807) is 20.3 Å². The van der Waals surface area contributed by atoms with Crippen molar-refractivity contribution in [2.75, 3.05) is 20.8 Å². The van der Waals surface area contributed by atoms with Gasteiger partial charge in [-0.05, 0) is 43.1 Å². The van der Waals surface area contributed by atoms with Crippen molar-refractivity contribution in [3.05, 3.63) is 59.2 Å². The number of methoxy groups -OCH3 is 2. The number of fused-ring (bicyclic) bond motifs is 1. The summed E-state index contributed by atoms with van der Waals surface area (Å²) in [4.78, 5) is 11.8. The van der Waals surface area contributed by atoms with Crippen LogP contribution in [0.4, 0.5) is 0 Å². The van der Waals surface area contributed by atoms with Gasteiger partial charge in [0.15, 0.2) is 17.7 Å². The van der Waals surface area contributed by atoms with E-state index in [0.717, 1.165) is 36.4 Å². The second-order valence-corrected chi connectivity index (χ2v) is 5.62. The predicted molar refractivity (Wildman–Crippen MR) is 90.5 cm³/mol. The van der Waals surface area contributed by atoms with Crippen LogP contribution >= 0.6 is 0 Å². The number of aryl methyl sites for hydroxylation is 1. The molecule has 0 aliphatic carbocycles. The number of ether oxygens (including phenoxy) is 3. The molecule has 1 unspecified atom stereocenters. The molecule has 0 saturated heterocycles. The second kappa shape index (κ2) is 7.36. The first-order chi connectivity index (χ1) is 11.7. The van der Waals surface area contributed by atoms with E-state index < -0.39 is 0 Å². The van der Waals surface area contributed by atoms with Gasteiger partial charge in [-0.25, -0.2) is 4.79 Å². The minimum absolute atomic E-state index is 0.261. The van der Waals surface area contributed by atoms with Crippen LogP contribution in [0, 0.1) is 0 Å². The molecule has 0 spiro atoms. The molecule has 1 heterocycles. The van der Waals surface area contributed by atoms with Gasteiger partial charge in [-0.2, -0.15) is 0 Å². The van der Waals surface area contributed by atoms with Crippen LogP contribution in [0.5, 0.6) is 11.5 Å². The number of carbonyl (C=O) groups is 1. The van der Waals surface area contributed by atoms with Gasteiger partial charge in [0.1, 0.15) is 0 Å². The molecule has 1 atom stereocenters. The second-order valence-electron chi connectivity index (χ2n) is 5.62. The van der Waals surface area contributed by atoms with Gasteiger partial charge in [0.05, 0.1) is 19.8 Å². The van der Waals surface area contributed by atoms with E-state index in [4.69, 9.17) is 14.2 Å². The minimum atomic E-state index is -0.348. The molecule has 24 heavy (non-hydrogen) atoms. The van der Waals surface area contributed by atoms with Gasteiger partial charge in [-0.3, -0.25) is 5.32 Å². The molecule has 5 heteroatoms. The molecule has 2 aromatic rings. The fourth-order valence-electron chi connectivity index (χ4n) is 2.86. The van der Waals surface area contributed by atoms with Gasteiger partial charge in [0.2, 0.25) is 0 Å². The van der Waals surface area contributed by atoms with Crippen molar-refractivity contribution in [3.63, 3.8) is 0 Å². The lowest BCUT2D eigenvalue weighted by Crippen LogP contribution is -2.22. The quantitative estimate of drug-likeness (QED) is 0.625. The Kier molecular flexibility index (Phi) is 5.01. The van der Waals surface area contributed by atoms with Crippen molar-refractivity contribution in [1.82, 2.24) is 5.32 Å². The Labute approximate surface area is 141 Å². The third kappa shape index (κ3) is 3.36. The summed E-state index contributed by atoms with van der Waals surface area (Å²) in [6, 6.07) is 13.4. The molecule has 126 valence electrons. The average molecular weight is 327 g/mol. The van der Waals surface area contributed by atoms with Gasteiger partial charge in [0.25, 0.3) is 0 Å². The fraction of sp³-hybridized carbons (Fsp3) is 0.316. The number of hydrogen-bond acceptors (Lipinski definition) is 5. The summed E-state index contributed by atoms with van der Waals surface area (Å²) in [7, 11) is 3.26. The smallest absolute Gasteiger partial charge is 0.340 e. The first-order valence-electron chi connectivity index (χ1n) is 7.97. The summed E-state index contributed by atoms with van der Waals surface area (Å²) in [6.07, 6.45) is 1.47. The minimum Gasteiger partial charge on any atom is -0.493 e. The van der Waals surface area contributed by atoms with Crippen LogP contribution < -0.4 is 14.8 Å². The summed E-state index contributed by atoms with van der Waals surface area (Å²) in [5.74, 6) is 1.21. The fourth-order valence-corrected chi connectivity index (χ4v) is 2.86. The lowest BCUT2D eigenvalue weighted by molar-refractivity contribution is 0.0309. The zero-order chi connectivity index (χ0) is 16.9. The molecule has 0 radical (unpaired) electrons. The van der Waals surface area contributed by atoms with Crippen LogP contribution in [0.3, 0.4) is 0 Å². The van der Waals surface area contributed by atoms with Gasteiger partial charge in [-0.15, -0.1) is 0 Å². The Balaban J connectivity index is 1.52. The molecule has 0 amide bonds. The lowest BCUT2D eigenvalue weighted by atomic mass is 10.1. The summed E-state index contributed by atoms with van der Waals surface area (Å²) >= 11 is 0. The summed E-state index contributed by atoms with van der Waals surface area (Å²) < 4.78 is 15.9. The average Bonchev–Trinajstić information content (AvgIpc) is 2.95. The maximum Gasteiger partial charge on any atom is 0.340 e. The number of hydrogen-bond donors (Lipinski definition) is 1. The van der Waals surface area contributed by atoms with E-state index >= 15 is 0 Å². The first-order valence-corrected chi connectivity index (χ1v) is 7.97. The number of nitrogens with one attached hydrogen (secondary N) is 1. The molecule has 5 nitrogen and oxygen atoms in total. The Morgan fingerprint density at radius 3 is 2.67 bits per heavy atom. The first kappa shape index (κ1) is 16.3. The van der Waals surface area contributed by atoms with Gasteiger partial charge < -0.3 is 14.2 Å². The van der Waals surface area contributed by atoms with Crippen LogP contribution in [-0.4, -0.2) is 26.7 Å². The number of carbonyl (C=O) groups excluding carboxylic acids is 1. The van der Waals surface area contributed by atoms with Crippen LogP contribution in [0.15, 0.2) is 42.5 Å². The monoisotopic (exact) mass is 327 g/mol. The molecule has 1 aliphatic heterocycles. The molecule has 1 aliphatic rings. The van der Waals surface area contributed by atoms with Crippen molar-refractivity contribution in [2.45, 2.75) is 19.1 Å². The Morgan fingerprint density at radius 2 is 1.88 bits per heavy atom. The molecule has 0 saturated carbocycles. The molecule has 0 aromatic heterocycles. The number of cyclic esters (lactones) is 1. The van der Waals surface area contributed by atoms with Crippen molar-refractivity contribution in [1.29, 1.82) is 0 Å². The molecule has 0 bridgehead atoms. The van der Waals surface area contributed by atoms with Crippen LogP contribution in [0.25, 0.3) is 0 Å². The topological polar surface area (TPSA) is 56.8 Å². The van der Waals surface area contributed by atoms with E-state index in [9.17, 15) is 4.79 Å². The highest BCUT2D eigenvalue weighted by Crippen LogP contribution is 2.29. The predicted octanol–water partition coefficient (Wildman–Crippen LogP) is 3.10. The van der Waals surface area contributed by atoms with Gasteiger partial charge >= 0.3 is 5.97 Å². The molecular formula is C19H21NO4. The van der Waals surface area contributed by atoms with Crippen molar-refractivity contribution >= 4 is 5.97 Å². The highest BCUT2D eigenvalue weighted by molar-refractivity contribution is 5.93. The van der Waals surface area contributed by atoms with E-state index in [1.807, 2.05) is 36.4 Å². The van der Waals surface area contributed by atoms with Crippen molar-refractivity contribution in [3.8, 4) is 11.5 Å². The van der Waals surface area contributed by atoms with E-state index in [1.165, 1.54) is 5.56 Å². The number of rotatable bonds is 7. The molecule has 0 fully saturated rings. The van der Waals surface area contributed by atoms with Crippen molar-refractivity contribution in [2.24, 2.45) is 0 Å². The zero-order valence-electron chi connectivity index (χ0n) is 13.9. The maximum atomic E-state index is 11.8. The van der Waals surface area contributed by atoms with Crippen LogP contribution in [-0.2, 0) is 11.2 Å². The molecule has 3 rings (SSSR count). The Bertz CT molecular complexity index is 729.